The van der Waals surface area contributed by atoms with Crippen LogP contribution in [0.25, 0.3) is 0 Å². The number of anilines is 1. The van der Waals surface area contributed by atoms with Gasteiger partial charge in [0.1, 0.15) is 5.00 Å². The lowest BCUT2D eigenvalue weighted by Gasteiger charge is -2.34. The van der Waals surface area contributed by atoms with E-state index in [2.05, 4.69) is 10.2 Å². The average Bonchev–Trinajstić information content (AvgIpc) is 3.31. The fourth-order valence-corrected chi connectivity index (χ4v) is 7.90. The van der Waals surface area contributed by atoms with E-state index in [0.29, 0.717) is 53.7 Å². The van der Waals surface area contributed by atoms with Gasteiger partial charge >= 0.3 is 5.97 Å². The molecule has 1 aliphatic heterocycles. The number of hydrogen-bond donors (Lipinski definition) is 1. The Hall–Kier alpha value is -3.05. The number of hydrogen-bond acceptors (Lipinski definition) is 7. The fourth-order valence-electron chi connectivity index (χ4n) is 5.20. The number of aryl methyl sites for hydroxylation is 2. The van der Waals surface area contributed by atoms with Gasteiger partial charge in [0.05, 0.1) is 17.6 Å². The molecule has 1 fully saturated rings. The molecule has 0 spiro atoms. The van der Waals surface area contributed by atoms with E-state index in [4.69, 9.17) is 4.74 Å². The topological polar surface area (TPSA) is 96.0 Å². The molecule has 1 N–H and O–H groups in total. The first-order chi connectivity index (χ1) is 18.8. The van der Waals surface area contributed by atoms with E-state index in [1.54, 1.807) is 18.2 Å². The van der Waals surface area contributed by atoms with Crippen molar-refractivity contribution in [2.24, 2.45) is 0 Å². The van der Waals surface area contributed by atoms with E-state index in [-0.39, 0.29) is 5.91 Å². The van der Waals surface area contributed by atoms with Crippen LogP contribution >= 0.6 is 11.3 Å². The van der Waals surface area contributed by atoms with Crippen LogP contribution in [0.5, 0.6) is 0 Å². The predicted octanol–water partition coefficient (Wildman–Crippen LogP) is 4.48. The minimum atomic E-state index is -3.51. The van der Waals surface area contributed by atoms with E-state index in [1.165, 1.54) is 22.8 Å². The van der Waals surface area contributed by atoms with Crippen LogP contribution in [0.2, 0.25) is 0 Å². The Morgan fingerprint density at radius 3 is 2.44 bits per heavy atom. The highest BCUT2D eigenvalue weighted by molar-refractivity contribution is 7.89. The summed E-state index contributed by atoms with van der Waals surface area (Å²) in [5.41, 5.74) is 3.99. The van der Waals surface area contributed by atoms with Crippen LogP contribution in [-0.4, -0.2) is 62.8 Å². The summed E-state index contributed by atoms with van der Waals surface area (Å²) >= 11 is 1.47. The lowest BCUT2D eigenvalue weighted by atomic mass is 9.95. The van der Waals surface area contributed by atoms with E-state index in [0.717, 1.165) is 47.3 Å². The predicted molar refractivity (Wildman–Crippen MR) is 152 cm³/mol. The van der Waals surface area contributed by atoms with Crippen LogP contribution in [0, 0.1) is 6.92 Å². The second kappa shape index (κ2) is 11.6. The van der Waals surface area contributed by atoms with Crippen molar-refractivity contribution in [1.29, 1.82) is 0 Å². The Bertz CT molecular complexity index is 1470. The van der Waals surface area contributed by atoms with Gasteiger partial charge in [-0.2, -0.15) is 4.31 Å². The maximum Gasteiger partial charge on any atom is 0.341 e. The third-order valence-corrected chi connectivity index (χ3v) is 10.5. The molecule has 0 saturated carbocycles. The highest BCUT2D eigenvalue weighted by Crippen LogP contribution is 2.38. The summed E-state index contributed by atoms with van der Waals surface area (Å²) < 4.78 is 32.6. The molecule has 39 heavy (non-hydrogen) atoms. The maximum absolute atomic E-state index is 13.2. The Kier molecular flexibility index (Phi) is 8.18. The number of fused-ring (bicyclic) bond motifs is 1. The van der Waals surface area contributed by atoms with Crippen molar-refractivity contribution in [2.75, 3.05) is 38.6 Å². The molecule has 10 heteroatoms. The molecular formula is C29H33N3O5S2. The van der Waals surface area contributed by atoms with Crippen molar-refractivity contribution in [2.45, 2.75) is 44.0 Å². The van der Waals surface area contributed by atoms with Crippen LogP contribution < -0.4 is 5.32 Å². The summed E-state index contributed by atoms with van der Waals surface area (Å²) in [5.74, 6) is -0.684. The Morgan fingerprint density at radius 1 is 1.00 bits per heavy atom. The number of esters is 1. The van der Waals surface area contributed by atoms with Gasteiger partial charge in [0, 0.05) is 43.2 Å². The van der Waals surface area contributed by atoms with Crippen molar-refractivity contribution < 1.29 is 22.7 Å². The number of amides is 1. The number of thiophene rings is 1. The van der Waals surface area contributed by atoms with Gasteiger partial charge in [-0.05, 0) is 68.0 Å². The number of rotatable bonds is 7. The average molecular weight is 568 g/mol. The molecule has 3 aromatic rings. The van der Waals surface area contributed by atoms with Gasteiger partial charge in [0.2, 0.25) is 10.0 Å². The number of methoxy groups -OCH3 is 1. The number of piperazine rings is 1. The van der Waals surface area contributed by atoms with Gasteiger partial charge in [-0.1, -0.05) is 29.8 Å². The number of carbonyl (C=O) groups excluding carboxylic acids is 2. The zero-order valence-corrected chi connectivity index (χ0v) is 23.9. The van der Waals surface area contributed by atoms with Crippen LogP contribution in [-0.2, 0) is 34.1 Å². The molecule has 1 saturated heterocycles. The molecule has 1 aliphatic carbocycles. The first-order valence-corrected chi connectivity index (χ1v) is 15.4. The molecule has 1 amide bonds. The largest absolute Gasteiger partial charge is 0.465 e. The van der Waals surface area contributed by atoms with E-state index in [9.17, 15) is 18.0 Å². The van der Waals surface area contributed by atoms with Gasteiger partial charge in [-0.15, -0.1) is 11.3 Å². The lowest BCUT2D eigenvalue weighted by molar-refractivity contribution is 0.0601. The number of nitrogens with one attached hydrogen (secondary N) is 1. The number of nitrogens with zero attached hydrogens (tertiary/aromatic N) is 2. The summed E-state index contributed by atoms with van der Waals surface area (Å²) in [6.07, 6.45) is 3.83. The number of sulfonamides is 1. The molecule has 0 atom stereocenters. The molecule has 5 rings (SSSR count). The van der Waals surface area contributed by atoms with Crippen LogP contribution in [0.4, 0.5) is 5.00 Å². The SMILES string of the molecule is COC(=O)c1c(NC(=O)c2cccc(CN3CCN(S(=O)(=O)c4ccc(C)cc4)CC3)c2)sc2c1CCCC2. The highest BCUT2D eigenvalue weighted by atomic mass is 32.2. The number of ether oxygens (including phenoxy) is 1. The van der Waals surface area contributed by atoms with E-state index < -0.39 is 16.0 Å². The first kappa shape index (κ1) is 27.5. The van der Waals surface area contributed by atoms with Crippen molar-refractivity contribution in [3.63, 3.8) is 0 Å². The van der Waals surface area contributed by atoms with Gasteiger partial charge in [0.15, 0.2) is 0 Å². The smallest absolute Gasteiger partial charge is 0.341 e. The molecule has 1 aromatic heterocycles. The molecule has 2 heterocycles. The van der Waals surface area contributed by atoms with Crippen LogP contribution in [0.3, 0.4) is 0 Å². The Balaban J connectivity index is 1.23. The summed E-state index contributed by atoms with van der Waals surface area (Å²) in [6.45, 7) is 4.57. The monoisotopic (exact) mass is 567 g/mol. The molecule has 206 valence electrons. The molecule has 0 bridgehead atoms. The van der Waals surface area contributed by atoms with Crippen LogP contribution in [0.15, 0.2) is 53.4 Å². The van der Waals surface area contributed by atoms with Gasteiger partial charge < -0.3 is 10.1 Å². The second-order valence-corrected chi connectivity index (χ2v) is 13.1. The van der Waals surface area contributed by atoms with E-state index >= 15 is 0 Å². The van der Waals surface area contributed by atoms with Crippen molar-refractivity contribution in [3.8, 4) is 0 Å². The quantitative estimate of drug-likeness (QED) is 0.423. The third kappa shape index (κ3) is 5.94. The molecule has 0 unspecified atom stereocenters. The van der Waals surface area contributed by atoms with E-state index in [1.807, 2.05) is 37.3 Å². The summed E-state index contributed by atoms with van der Waals surface area (Å²) in [7, 11) is -2.15. The minimum absolute atomic E-state index is 0.269. The molecular weight excluding hydrogens is 534 g/mol. The second-order valence-electron chi connectivity index (χ2n) is 10.1. The summed E-state index contributed by atoms with van der Waals surface area (Å²) in [5, 5.41) is 3.51. The molecule has 0 radical (unpaired) electrons. The standard InChI is InChI=1S/C29H33N3O5S2/c1-20-10-12-23(13-11-20)39(35,36)32-16-14-31(15-17-32)19-21-6-5-7-22(18-21)27(33)30-28-26(29(34)37-2)24-8-3-4-9-25(24)38-28/h5-7,10-13,18H,3-4,8-9,14-17,19H2,1-2H3,(H,30,33). The van der Waals surface area contributed by atoms with Gasteiger partial charge in [-0.25, -0.2) is 13.2 Å². The van der Waals surface area contributed by atoms with Gasteiger partial charge in [0.25, 0.3) is 5.91 Å². The minimum Gasteiger partial charge on any atom is -0.465 e. The Morgan fingerprint density at radius 2 is 1.72 bits per heavy atom. The molecule has 2 aliphatic rings. The van der Waals surface area contributed by atoms with Crippen molar-refractivity contribution >= 4 is 38.2 Å². The zero-order valence-electron chi connectivity index (χ0n) is 22.2. The zero-order chi connectivity index (χ0) is 27.6. The third-order valence-electron chi connectivity index (χ3n) is 7.37. The highest BCUT2D eigenvalue weighted by Gasteiger charge is 2.29. The van der Waals surface area contributed by atoms with Gasteiger partial charge in [-0.3, -0.25) is 9.69 Å². The van der Waals surface area contributed by atoms with Crippen LogP contribution in [0.1, 0.15) is 55.1 Å². The molecule has 2 aromatic carbocycles. The number of carbonyl (C=O) groups is 2. The fraction of sp³-hybridized carbons (Fsp3) is 0.379. The first-order valence-electron chi connectivity index (χ1n) is 13.2. The number of benzene rings is 2. The maximum atomic E-state index is 13.2. The normalized spacial score (nSPS) is 16.5. The van der Waals surface area contributed by atoms with Crippen molar-refractivity contribution in [1.82, 2.24) is 9.21 Å². The Labute approximate surface area is 233 Å². The summed E-state index contributed by atoms with van der Waals surface area (Å²) in [4.78, 5) is 29.4. The van der Waals surface area contributed by atoms with Crippen molar-refractivity contribution in [3.05, 3.63) is 81.2 Å². The lowest BCUT2D eigenvalue weighted by Crippen LogP contribution is -2.48. The summed E-state index contributed by atoms with van der Waals surface area (Å²) in [6, 6.07) is 14.4. The molecule has 8 nitrogen and oxygen atoms in total.